The van der Waals surface area contributed by atoms with Gasteiger partial charge in [0.25, 0.3) is 5.56 Å². The first-order valence-electron chi connectivity index (χ1n) is 11.9. The number of fused-ring (bicyclic) bond motifs is 1. The highest BCUT2D eigenvalue weighted by Gasteiger charge is 2.15. The minimum Gasteiger partial charge on any atom is -0.485 e. The van der Waals surface area contributed by atoms with Crippen LogP contribution >= 0.6 is 11.8 Å². The number of aryl methyl sites for hydroxylation is 1. The fourth-order valence-electron chi connectivity index (χ4n) is 4.11. The van der Waals surface area contributed by atoms with E-state index in [-0.39, 0.29) is 12.2 Å². The van der Waals surface area contributed by atoms with E-state index in [1.54, 1.807) is 17.6 Å². The maximum atomic E-state index is 12.6. The predicted octanol–water partition coefficient (Wildman–Crippen LogP) is 4.78. The van der Waals surface area contributed by atoms with Crippen LogP contribution in [0.2, 0.25) is 0 Å². The number of pyridine rings is 1. The fourth-order valence-corrected chi connectivity index (χ4v) is 4.98. The first kappa shape index (κ1) is 24.7. The summed E-state index contributed by atoms with van der Waals surface area (Å²) >= 11 is 1.48. The van der Waals surface area contributed by atoms with E-state index in [2.05, 4.69) is 27.3 Å². The van der Waals surface area contributed by atoms with Crippen molar-refractivity contribution < 1.29 is 9.47 Å². The highest BCUT2D eigenvalue weighted by Crippen LogP contribution is 2.30. The molecule has 37 heavy (non-hydrogen) atoms. The van der Waals surface area contributed by atoms with Gasteiger partial charge in [-0.2, -0.15) is 0 Å². The third kappa shape index (κ3) is 5.58. The summed E-state index contributed by atoms with van der Waals surface area (Å²) in [5.74, 6) is 1.97. The van der Waals surface area contributed by atoms with E-state index in [4.69, 9.17) is 9.47 Å². The van der Waals surface area contributed by atoms with Crippen molar-refractivity contribution in [1.82, 2.24) is 24.1 Å². The predicted molar refractivity (Wildman–Crippen MR) is 144 cm³/mol. The molecular weight excluding hydrogens is 486 g/mol. The quantitative estimate of drug-likeness (QED) is 0.249. The van der Waals surface area contributed by atoms with Crippen molar-refractivity contribution in [2.24, 2.45) is 0 Å². The van der Waals surface area contributed by atoms with E-state index in [1.165, 1.54) is 11.8 Å². The minimum absolute atomic E-state index is 0.0919. The molecule has 0 amide bonds. The van der Waals surface area contributed by atoms with Gasteiger partial charge in [0.1, 0.15) is 18.0 Å². The van der Waals surface area contributed by atoms with Crippen LogP contribution in [-0.2, 0) is 23.6 Å². The first-order chi connectivity index (χ1) is 18.1. The second-order valence-corrected chi connectivity index (χ2v) is 9.37. The number of hydrogen-bond acceptors (Lipinski definition) is 7. The number of nitrogens with zero attached hydrogens (tertiary/aromatic N) is 5. The smallest absolute Gasteiger partial charge is 0.258 e. The third-order valence-corrected chi connectivity index (χ3v) is 6.92. The first-order valence-corrected chi connectivity index (χ1v) is 12.9. The molecule has 3 heterocycles. The maximum Gasteiger partial charge on any atom is 0.258 e. The van der Waals surface area contributed by atoms with Crippen molar-refractivity contribution in [3.63, 3.8) is 0 Å². The highest BCUT2D eigenvalue weighted by molar-refractivity contribution is 7.98. The summed E-state index contributed by atoms with van der Waals surface area (Å²) in [6.45, 7) is 3.24. The van der Waals surface area contributed by atoms with Gasteiger partial charge in [-0.25, -0.2) is 4.98 Å². The topological polar surface area (TPSA) is 83.5 Å². The molecule has 0 saturated carbocycles. The second kappa shape index (κ2) is 11.4. The van der Waals surface area contributed by atoms with Crippen molar-refractivity contribution in [3.05, 3.63) is 106 Å². The molecule has 0 radical (unpaired) electrons. The summed E-state index contributed by atoms with van der Waals surface area (Å²) in [6, 6.07) is 25.3. The van der Waals surface area contributed by atoms with E-state index in [9.17, 15) is 4.79 Å². The van der Waals surface area contributed by atoms with Gasteiger partial charge in [0, 0.05) is 36.7 Å². The fraction of sp³-hybridized carbons (Fsp3) is 0.214. The van der Waals surface area contributed by atoms with Crippen LogP contribution in [0, 0.1) is 6.92 Å². The Labute approximate surface area is 218 Å². The van der Waals surface area contributed by atoms with Crippen LogP contribution in [0.4, 0.5) is 0 Å². The summed E-state index contributed by atoms with van der Waals surface area (Å²) < 4.78 is 15.1. The molecule has 0 unspecified atom stereocenters. The lowest BCUT2D eigenvalue weighted by atomic mass is 10.1. The number of benzene rings is 2. The molecule has 5 rings (SSSR count). The van der Waals surface area contributed by atoms with E-state index >= 15 is 0 Å². The van der Waals surface area contributed by atoms with E-state index in [1.807, 2.05) is 72.2 Å². The lowest BCUT2D eigenvalue weighted by molar-refractivity contribution is 0.181. The molecule has 0 fully saturated rings. The second-order valence-electron chi connectivity index (χ2n) is 8.43. The average molecular weight is 514 g/mol. The van der Waals surface area contributed by atoms with Crippen LogP contribution in [0.3, 0.4) is 0 Å². The Kier molecular flexibility index (Phi) is 7.62. The van der Waals surface area contributed by atoms with Crippen molar-refractivity contribution in [3.8, 4) is 16.9 Å². The molecule has 0 spiro atoms. The molecule has 0 aliphatic carbocycles. The summed E-state index contributed by atoms with van der Waals surface area (Å²) in [4.78, 5) is 17.3. The third-order valence-electron chi connectivity index (χ3n) is 5.92. The molecule has 0 bridgehead atoms. The van der Waals surface area contributed by atoms with Gasteiger partial charge >= 0.3 is 0 Å². The van der Waals surface area contributed by atoms with Crippen LogP contribution in [0.5, 0.6) is 5.75 Å². The summed E-state index contributed by atoms with van der Waals surface area (Å²) in [5, 5.41) is 9.53. The molecule has 0 N–H and O–H groups in total. The number of methoxy groups -OCH3 is 1. The van der Waals surface area contributed by atoms with Gasteiger partial charge in [0.2, 0.25) is 0 Å². The molecule has 2 aromatic carbocycles. The molecule has 5 aromatic rings. The van der Waals surface area contributed by atoms with Crippen LogP contribution in [-0.4, -0.2) is 37.9 Å². The zero-order chi connectivity index (χ0) is 25.6. The molecule has 188 valence electrons. The molecule has 8 nitrogen and oxygen atoms in total. The van der Waals surface area contributed by atoms with Crippen molar-refractivity contribution in [1.29, 1.82) is 0 Å². The molecule has 0 aliphatic rings. The SMILES string of the molecule is COCCn1c(COc2ccccc2-c2ccccc2)nnc1SCc1cc(=O)n2c(C)cccc2n1. The summed E-state index contributed by atoms with van der Waals surface area (Å²) in [7, 11) is 1.66. The van der Waals surface area contributed by atoms with Crippen molar-refractivity contribution >= 4 is 17.4 Å². The van der Waals surface area contributed by atoms with E-state index < -0.39 is 0 Å². The number of aromatic nitrogens is 5. The number of hydrogen-bond donors (Lipinski definition) is 0. The van der Waals surface area contributed by atoms with Crippen LogP contribution in [0.1, 0.15) is 17.2 Å². The largest absolute Gasteiger partial charge is 0.485 e. The Morgan fingerprint density at radius 3 is 2.59 bits per heavy atom. The van der Waals surface area contributed by atoms with Gasteiger partial charge < -0.3 is 14.0 Å². The zero-order valence-electron chi connectivity index (χ0n) is 20.7. The van der Waals surface area contributed by atoms with Gasteiger partial charge in [0.05, 0.1) is 12.3 Å². The minimum atomic E-state index is -0.0919. The van der Waals surface area contributed by atoms with Gasteiger partial charge in [-0.3, -0.25) is 9.20 Å². The molecule has 9 heteroatoms. The number of ether oxygens (including phenoxy) is 2. The molecule has 0 aliphatic heterocycles. The van der Waals surface area contributed by atoms with Gasteiger partial charge in [-0.15, -0.1) is 10.2 Å². The number of para-hydroxylation sites is 1. The normalized spacial score (nSPS) is 11.2. The summed E-state index contributed by atoms with van der Waals surface area (Å²) in [6.07, 6.45) is 0. The Balaban J connectivity index is 1.35. The molecule has 0 saturated heterocycles. The highest BCUT2D eigenvalue weighted by atomic mass is 32.2. The Morgan fingerprint density at radius 2 is 1.76 bits per heavy atom. The van der Waals surface area contributed by atoms with Crippen molar-refractivity contribution in [2.45, 2.75) is 31.0 Å². The van der Waals surface area contributed by atoms with Gasteiger partial charge in [0.15, 0.2) is 11.0 Å². The Hall–Kier alpha value is -3.95. The monoisotopic (exact) mass is 513 g/mol. The zero-order valence-corrected chi connectivity index (χ0v) is 21.5. The van der Waals surface area contributed by atoms with Gasteiger partial charge in [-0.1, -0.05) is 66.4 Å². The van der Waals surface area contributed by atoms with Crippen LogP contribution in [0.15, 0.2) is 88.8 Å². The average Bonchev–Trinajstić information content (AvgIpc) is 3.31. The molecule has 0 atom stereocenters. The van der Waals surface area contributed by atoms with Crippen LogP contribution < -0.4 is 10.3 Å². The lowest BCUT2D eigenvalue weighted by Crippen LogP contribution is -2.17. The number of rotatable bonds is 10. The molecular formula is C28H27N5O3S. The Morgan fingerprint density at radius 1 is 0.946 bits per heavy atom. The van der Waals surface area contributed by atoms with Crippen LogP contribution in [0.25, 0.3) is 16.8 Å². The maximum absolute atomic E-state index is 12.6. The Bertz CT molecular complexity index is 1570. The molecule has 3 aromatic heterocycles. The van der Waals surface area contributed by atoms with Gasteiger partial charge in [-0.05, 0) is 30.7 Å². The van der Waals surface area contributed by atoms with E-state index in [0.717, 1.165) is 27.7 Å². The standard InChI is InChI=1S/C28H27N5O3S/c1-20-9-8-14-25-29-22(17-27(34)33(20)25)19-37-28-31-30-26(32(28)15-16-35-2)18-36-24-13-7-6-12-23(24)21-10-4-3-5-11-21/h3-14,17H,15-16,18-19H2,1-2H3. The van der Waals surface area contributed by atoms with Crippen molar-refractivity contribution in [2.75, 3.05) is 13.7 Å². The lowest BCUT2D eigenvalue weighted by Gasteiger charge is -2.13. The summed E-state index contributed by atoms with van der Waals surface area (Å²) in [5.41, 5.74) is 4.19. The number of thioether (sulfide) groups is 1. The van der Waals surface area contributed by atoms with E-state index in [0.29, 0.717) is 36.1 Å².